The first-order valence-corrected chi connectivity index (χ1v) is 9.02. The second kappa shape index (κ2) is 6.42. The van der Waals surface area contributed by atoms with E-state index in [0.717, 1.165) is 23.7 Å². The molecule has 3 aromatic rings. The first kappa shape index (κ1) is 16.0. The molecule has 2 aromatic heterocycles. The highest BCUT2D eigenvalue weighted by molar-refractivity contribution is 7.17. The number of fused-ring (bicyclic) bond motifs is 3. The molecule has 0 aliphatic carbocycles. The molecular formula is C18H17N3O3S. The molecule has 4 rings (SSSR count). The summed E-state index contributed by atoms with van der Waals surface area (Å²) in [6.45, 7) is 2.22. The molecule has 1 aromatic carbocycles. The van der Waals surface area contributed by atoms with E-state index in [-0.39, 0.29) is 17.4 Å². The second-order valence-corrected chi connectivity index (χ2v) is 7.16. The van der Waals surface area contributed by atoms with E-state index in [2.05, 4.69) is 15.1 Å². The summed E-state index contributed by atoms with van der Waals surface area (Å²) in [6.07, 6.45) is 4.66. The molecule has 1 aliphatic rings. The molecular weight excluding hydrogens is 338 g/mol. The Balaban J connectivity index is 1.72. The minimum Gasteiger partial charge on any atom is -0.507 e. The van der Waals surface area contributed by atoms with Gasteiger partial charge < -0.3 is 10.1 Å². The smallest absolute Gasteiger partial charge is 0.266 e. The van der Waals surface area contributed by atoms with Gasteiger partial charge in [0.15, 0.2) is 0 Å². The van der Waals surface area contributed by atoms with Gasteiger partial charge in [-0.1, -0.05) is 17.3 Å². The molecule has 0 amide bonds. The summed E-state index contributed by atoms with van der Waals surface area (Å²) in [4.78, 5) is 27.8. The second-order valence-electron chi connectivity index (χ2n) is 6.25. The highest BCUT2D eigenvalue weighted by Gasteiger charge is 2.21. The summed E-state index contributed by atoms with van der Waals surface area (Å²) in [5.74, 6) is 0.178. The SMILES string of the molecule is O=NC1CCN(CC=Cc2c(O)ccc3[nH]c(=O)c4sccc4c23)C1. The Morgan fingerprint density at radius 2 is 2.28 bits per heavy atom. The number of nitrogens with one attached hydrogen (secondary N) is 1. The molecule has 1 unspecified atom stereocenters. The predicted molar refractivity (Wildman–Crippen MR) is 101 cm³/mol. The Labute approximate surface area is 147 Å². The number of nitrogens with zero attached hydrogens (tertiary/aromatic N) is 2. The van der Waals surface area contributed by atoms with Gasteiger partial charge in [0.2, 0.25) is 0 Å². The van der Waals surface area contributed by atoms with Crippen LogP contribution in [-0.2, 0) is 0 Å². The molecule has 0 saturated carbocycles. The van der Waals surface area contributed by atoms with Crippen LogP contribution in [0.4, 0.5) is 0 Å². The van der Waals surface area contributed by atoms with Gasteiger partial charge in [-0.25, -0.2) is 0 Å². The number of aromatic nitrogens is 1. The zero-order valence-electron chi connectivity index (χ0n) is 13.4. The molecule has 128 valence electrons. The molecule has 0 spiro atoms. The van der Waals surface area contributed by atoms with Crippen molar-refractivity contribution in [3.63, 3.8) is 0 Å². The lowest BCUT2D eigenvalue weighted by molar-refractivity contribution is 0.372. The van der Waals surface area contributed by atoms with Crippen LogP contribution in [-0.4, -0.2) is 40.7 Å². The maximum absolute atomic E-state index is 12.1. The fraction of sp³-hybridized carbons (Fsp3) is 0.278. The van der Waals surface area contributed by atoms with Gasteiger partial charge in [0.25, 0.3) is 5.56 Å². The number of hydrogen-bond donors (Lipinski definition) is 2. The third-order valence-corrected chi connectivity index (χ3v) is 5.57. The molecule has 6 nitrogen and oxygen atoms in total. The highest BCUT2D eigenvalue weighted by atomic mass is 32.1. The summed E-state index contributed by atoms with van der Waals surface area (Å²) in [6, 6.07) is 5.12. The molecule has 0 bridgehead atoms. The normalized spacial score (nSPS) is 18.6. The Bertz CT molecular complexity index is 1040. The van der Waals surface area contributed by atoms with Crippen LogP contribution in [0.25, 0.3) is 27.1 Å². The van der Waals surface area contributed by atoms with Crippen molar-refractivity contribution in [1.82, 2.24) is 9.88 Å². The van der Waals surface area contributed by atoms with Gasteiger partial charge in [0.05, 0.1) is 0 Å². The number of phenols is 1. The molecule has 1 atom stereocenters. The third-order valence-electron chi connectivity index (χ3n) is 4.66. The molecule has 1 saturated heterocycles. The molecule has 1 aliphatic heterocycles. The van der Waals surface area contributed by atoms with Gasteiger partial charge in [0.1, 0.15) is 16.5 Å². The van der Waals surface area contributed by atoms with Crippen molar-refractivity contribution < 1.29 is 5.11 Å². The Kier molecular flexibility index (Phi) is 4.10. The summed E-state index contributed by atoms with van der Waals surface area (Å²) < 4.78 is 0.659. The lowest BCUT2D eigenvalue weighted by atomic mass is 10.0. The predicted octanol–water partition coefficient (Wildman–Crippen LogP) is 3.30. The number of H-pyrrole nitrogens is 1. The number of likely N-dealkylation sites (tertiary alicyclic amines) is 1. The number of nitroso groups, excluding NO2 is 1. The minimum absolute atomic E-state index is 0.109. The topological polar surface area (TPSA) is 85.8 Å². The van der Waals surface area contributed by atoms with Crippen molar-refractivity contribution in [1.29, 1.82) is 0 Å². The first-order chi connectivity index (χ1) is 12.2. The van der Waals surface area contributed by atoms with E-state index in [4.69, 9.17) is 0 Å². The zero-order valence-corrected chi connectivity index (χ0v) is 14.3. The largest absolute Gasteiger partial charge is 0.507 e. The fourth-order valence-corrected chi connectivity index (χ4v) is 4.21. The molecule has 2 N–H and O–H groups in total. The number of pyridine rings is 1. The van der Waals surface area contributed by atoms with E-state index < -0.39 is 0 Å². The number of thiophene rings is 1. The van der Waals surface area contributed by atoms with Gasteiger partial charge in [-0.15, -0.1) is 11.3 Å². The maximum atomic E-state index is 12.1. The molecule has 25 heavy (non-hydrogen) atoms. The number of hydrogen-bond acceptors (Lipinski definition) is 6. The van der Waals surface area contributed by atoms with E-state index in [0.29, 0.717) is 28.9 Å². The van der Waals surface area contributed by atoms with Crippen molar-refractivity contribution >= 4 is 38.4 Å². The van der Waals surface area contributed by atoms with E-state index >= 15 is 0 Å². The van der Waals surface area contributed by atoms with Gasteiger partial charge in [0, 0.05) is 41.5 Å². The standard InChI is InChI=1S/C18H17N3O3S/c22-15-4-3-14-16(13-6-9-25-17(13)18(23)19-14)12(15)2-1-7-21-8-5-11(10-21)20-24/h1-4,6,9,11,22H,5,7-8,10H2,(H,19,23). The van der Waals surface area contributed by atoms with Crippen molar-refractivity contribution in [3.05, 3.63) is 50.5 Å². The molecule has 7 heteroatoms. The van der Waals surface area contributed by atoms with Gasteiger partial charge in [-0.05, 0) is 30.0 Å². The van der Waals surface area contributed by atoms with Crippen LogP contribution in [0, 0.1) is 4.91 Å². The van der Waals surface area contributed by atoms with E-state index in [1.165, 1.54) is 11.3 Å². The average molecular weight is 355 g/mol. The summed E-state index contributed by atoms with van der Waals surface area (Å²) in [7, 11) is 0. The van der Waals surface area contributed by atoms with Crippen molar-refractivity contribution in [2.75, 3.05) is 19.6 Å². The summed E-state index contributed by atoms with van der Waals surface area (Å²) in [5.41, 5.74) is 1.30. The number of aromatic hydroxyl groups is 1. The Hall–Kier alpha value is -2.51. The monoisotopic (exact) mass is 355 g/mol. The van der Waals surface area contributed by atoms with Gasteiger partial charge in [-0.2, -0.15) is 4.91 Å². The molecule has 1 fully saturated rings. The zero-order chi connectivity index (χ0) is 17.4. The van der Waals surface area contributed by atoms with E-state index in [1.54, 1.807) is 12.1 Å². The van der Waals surface area contributed by atoms with E-state index in [1.807, 2.05) is 23.6 Å². The van der Waals surface area contributed by atoms with Crippen LogP contribution in [0.5, 0.6) is 5.75 Å². The van der Waals surface area contributed by atoms with Gasteiger partial charge in [-0.3, -0.25) is 9.69 Å². The quantitative estimate of drug-likeness (QED) is 0.703. The van der Waals surface area contributed by atoms with Crippen molar-refractivity contribution in [2.24, 2.45) is 5.18 Å². The van der Waals surface area contributed by atoms with Crippen LogP contribution in [0.15, 0.2) is 39.6 Å². The van der Waals surface area contributed by atoms with Crippen LogP contribution in [0.3, 0.4) is 0 Å². The number of aromatic amines is 1. The molecule has 3 heterocycles. The van der Waals surface area contributed by atoms with Crippen LogP contribution in [0.2, 0.25) is 0 Å². The highest BCUT2D eigenvalue weighted by Crippen LogP contribution is 2.33. The lowest BCUT2D eigenvalue weighted by Crippen LogP contribution is -2.21. The Morgan fingerprint density at radius 1 is 1.40 bits per heavy atom. The summed E-state index contributed by atoms with van der Waals surface area (Å²) in [5, 5.41) is 17.0. The van der Waals surface area contributed by atoms with Crippen LogP contribution in [0.1, 0.15) is 12.0 Å². The minimum atomic E-state index is -0.116. The average Bonchev–Trinajstić information content (AvgIpc) is 3.26. The van der Waals surface area contributed by atoms with Crippen LogP contribution >= 0.6 is 11.3 Å². The number of phenolic OH excluding ortho intramolecular Hbond substituents is 1. The first-order valence-electron chi connectivity index (χ1n) is 8.14. The fourth-order valence-electron chi connectivity index (χ4n) is 3.42. The van der Waals surface area contributed by atoms with Crippen LogP contribution < -0.4 is 5.56 Å². The number of rotatable bonds is 4. The lowest BCUT2D eigenvalue weighted by Gasteiger charge is -2.11. The van der Waals surface area contributed by atoms with E-state index in [9.17, 15) is 14.8 Å². The maximum Gasteiger partial charge on any atom is 0.266 e. The molecule has 0 radical (unpaired) electrons. The van der Waals surface area contributed by atoms with Crippen molar-refractivity contribution in [2.45, 2.75) is 12.5 Å². The third kappa shape index (κ3) is 2.85. The van der Waals surface area contributed by atoms with Crippen molar-refractivity contribution in [3.8, 4) is 5.75 Å². The van der Waals surface area contributed by atoms with Gasteiger partial charge >= 0.3 is 0 Å². The summed E-state index contributed by atoms with van der Waals surface area (Å²) >= 11 is 1.39. The Morgan fingerprint density at radius 3 is 3.08 bits per heavy atom. The number of benzene rings is 1.